The van der Waals surface area contributed by atoms with E-state index in [4.69, 9.17) is 18.7 Å². The van der Waals surface area contributed by atoms with E-state index in [2.05, 4.69) is 0 Å². The normalized spacial score (nSPS) is 11.9. The molecule has 2 aromatic heterocycles. The number of aromatic carboxylic acids is 1. The topological polar surface area (TPSA) is 127 Å². The van der Waals surface area contributed by atoms with Gasteiger partial charge in [0.25, 0.3) is 0 Å². The molecule has 0 saturated carbocycles. The van der Waals surface area contributed by atoms with E-state index in [1.165, 1.54) is 19.2 Å². The van der Waals surface area contributed by atoms with Crippen LogP contribution in [0.2, 0.25) is 0 Å². The molecule has 0 unspecified atom stereocenters. The van der Waals surface area contributed by atoms with Crippen LogP contribution in [0.4, 0.5) is 0 Å². The maximum atomic E-state index is 12.7. The minimum atomic E-state index is -1.05. The summed E-state index contributed by atoms with van der Waals surface area (Å²) < 4.78 is 16.0. The predicted octanol–water partition coefficient (Wildman–Crippen LogP) is 4.15. The Kier molecular flexibility index (Phi) is 5.51. The molecule has 32 heavy (non-hydrogen) atoms. The van der Waals surface area contributed by atoms with Crippen molar-refractivity contribution in [3.8, 4) is 17.1 Å². The molecule has 0 aliphatic heterocycles. The number of carbonyl (C=O) groups is 2. The van der Waals surface area contributed by atoms with Crippen LogP contribution in [0.5, 0.6) is 5.75 Å². The predicted molar refractivity (Wildman–Crippen MR) is 114 cm³/mol. The number of carbonyl (C=O) groups excluding carboxylic acids is 1. The first kappa shape index (κ1) is 20.9. The second-order valence-electron chi connectivity index (χ2n) is 7.07. The molecule has 4 aromatic rings. The molecule has 0 bridgehead atoms. The molecule has 0 fully saturated rings. The van der Waals surface area contributed by atoms with E-state index in [0.717, 1.165) is 0 Å². The summed E-state index contributed by atoms with van der Waals surface area (Å²) in [5, 5.41) is 20.2. The molecule has 0 aliphatic rings. The van der Waals surface area contributed by atoms with Crippen LogP contribution in [-0.4, -0.2) is 29.3 Å². The van der Waals surface area contributed by atoms with Crippen LogP contribution in [0.15, 0.2) is 74.3 Å². The number of methoxy groups -OCH3 is 1. The van der Waals surface area contributed by atoms with Crippen molar-refractivity contribution in [2.24, 2.45) is 0 Å². The van der Waals surface area contributed by atoms with Gasteiger partial charge in [-0.1, -0.05) is 24.3 Å². The van der Waals surface area contributed by atoms with Crippen LogP contribution < -0.4 is 5.63 Å². The fraction of sp³-hybridized carbons (Fsp3) is 0.125. The van der Waals surface area contributed by atoms with Gasteiger partial charge in [-0.25, -0.2) is 9.59 Å². The molecule has 1 atom stereocenters. The Morgan fingerprint density at radius 1 is 1.00 bits per heavy atom. The molecule has 0 saturated heterocycles. The summed E-state index contributed by atoms with van der Waals surface area (Å²) in [5.41, 5.74) is 0.0416. The zero-order valence-electron chi connectivity index (χ0n) is 16.9. The van der Waals surface area contributed by atoms with Crippen molar-refractivity contribution in [2.45, 2.75) is 12.3 Å². The molecule has 0 aliphatic carbocycles. The van der Waals surface area contributed by atoms with E-state index in [1.807, 2.05) is 0 Å². The van der Waals surface area contributed by atoms with E-state index in [0.29, 0.717) is 16.7 Å². The van der Waals surface area contributed by atoms with Crippen LogP contribution >= 0.6 is 0 Å². The quantitative estimate of drug-likeness (QED) is 0.342. The highest BCUT2D eigenvalue weighted by Gasteiger charge is 2.30. The molecule has 2 heterocycles. The molecule has 8 nitrogen and oxygen atoms in total. The summed E-state index contributed by atoms with van der Waals surface area (Å²) in [7, 11) is 1.22. The monoisotopic (exact) mass is 434 g/mol. The van der Waals surface area contributed by atoms with E-state index in [9.17, 15) is 19.5 Å². The number of aromatic hydroxyl groups is 1. The average molecular weight is 434 g/mol. The van der Waals surface area contributed by atoms with Gasteiger partial charge in [-0.05, 0) is 36.4 Å². The molecule has 4 rings (SSSR count). The van der Waals surface area contributed by atoms with Crippen LogP contribution in [0.1, 0.15) is 34.0 Å². The van der Waals surface area contributed by atoms with Crippen molar-refractivity contribution in [3.63, 3.8) is 0 Å². The van der Waals surface area contributed by atoms with Gasteiger partial charge in [-0.15, -0.1) is 0 Å². The number of rotatable bonds is 6. The highest BCUT2D eigenvalue weighted by Crippen LogP contribution is 2.38. The molecule has 162 valence electrons. The summed E-state index contributed by atoms with van der Waals surface area (Å²) in [6.45, 7) is 0. The lowest BCUT2D eigenvalue weighted by Gasteiger charge is -2.15. The highest BCUT2D eigenvalue weighted by molar-refractivity contribution is 5.88. The molecular formula is C24H18O8. The Balaban J connectivity index is 1.80. The number of furan rings is 1. The Morgan fingerprint density at radius 3 is 2.41 bits per heavy atom. The first-order valence-electron chi connectivity index (χ1n) is 9.64. The fourth-order valence-electron chi connectivity index (χ4n) is 3.52. The SMILES string of the molecule is COC(=O)C[C@H](c1ccc(-c2ccc(C(=O)O)cc2)o1)c1c(O)c2ccccc2oc1=O. The van der Waals surface area contributed by atoms with Crippen LogP contribution in [0.25, 0.3) is 22.3 Å². The lowest BCUT2D eigenvalue weighted by molar-refractivity contribution is -0.140. The van der Waals surface area contributed by atoms with Gasteiger partial charge in [0.15, 0.2) is 0 Å². The van der Waals surface area contributed by atoms with Crippen molar-refractivity contribution in [1.82, 2.24) is 0 Å². The first-order chi connectivity index (χ1) is 15.4. The smallest absolute Gasteiger partial charge is 0.343 e. The van der Waals surface area contributed by atoms with Gasteiger partial charge in [0.1, 0.15) is 22.9 Å². The van der Waals surface area contributed by atoms with Crippen LogP contribution in [0, 0.1) is 0 Å². The van der Waals surface area contributed by atoms with Crippen molar-refractivity contribution >= 4 is 22.9 Å². The third kappa shape index (κ3) is 3.85. The van der Waals surface area contributed by atoms with E-state index >= 15 is 0 Å². The minimum Gasteiger partial charge on any atom is -0.507 e. The fourth-order valence-corrected chi connectivity index (χ4v) is 3.52. The van der Waals surface area contributed by atoms with E-state index in [1.54, 1.807) is 48.5 Å². The number of hydrogen-bond acceptors (Lipinski definition) is 7. The average Bonchev–Trinajstić information content (AvgIpc) is 3.28. The molecule has 0 amide bonds. The van der Waals surface area contributed by atoms with Crippen LogP contribution in [-0.2, 0) is 9.53 Å². The molecule has 8 heteroatoms. The molecule has 0 radical (unpaired) electrons. The summed E-state index contributed by atoms with van der Waals surface area (Å²) in [6.07, 6.45) is -0.266. The van der Waals surface area contributed by atoms with E-state index in [-0.39, 0.29) is 34.6 Å². The Morgan fingerprint density at radius 2 is 1.72 bits per heavy atom. The van der Waals surface area contributed by atoms with Gasteiger partial charge in [0.2, 0.25) is 0 Å². The van der Waals surface area contributed by atoms with Gasteiger partial charge in [-0.3, -0.25) is 4.79 Å². The largest absolute Gasteiger partial charge is 0.507 e. The number of ether oxygens (including phenoxy) is 1. The summed E-state index contributed by atoms with van der Waals surface area (Å²) >= 11 is 0. The Hall–Kier alpha value is -4.33. The second kappa shape index (κ2) is 8.43. The van der Waals surface area contributed by atoms with Gasteiger partial charge in [0.05, 0.1) is 36.0 Å². The first-order valence-corrected chi connectivity index (χ1v) is 9.64. The maximum absolute atomic E-state index is 12.7. The van der Waals surface area contributed by atoms with Crippen molar-refractivity contribution in [3.05, 3.63) is 88.0 Å². The second-order valence-corrected chi connectivity index (χ2v) is 7.07. The van der Waals surface area contributed by atoms with Crippen LogP contribution in [0.3, 0.4) is 0 Å². The number of carboxylic acids is 1. The molecule has 0 spiro atoms. The van der Waals surface area contributed by atoms with E-state index < -0.39 is 23.5 Å². The Bertz CT molecular complexity index is 1360. The van der Waals surface area contributed by atoms with Gasteiger partial charge >= 0.3 is 17.6 Å². The maximum Gasteiger partial charge on any atom is 0.343 e. The number of carboxylic acid groups (broad SMARTS) is 1. The number of hydrogen-bond donors (Lipinski definition) is 2. The summed E-state index contributed by atoms with van der Waals surface area (Å²) in [6, 6.07) is 15.8. The molecule has 2 N–H and O–H groups in total. The van der Waals surface area contributed by atoms with Crippen molar-refractivity contribution in [1.29, 1.82) is 0 Å². The highest BCUT2D eigenvalue weighted by atomic mass is 16.5. The zero-order chi connectivity index (χ0) is 22.8. The minimum absolute atomic E-state index is 0.115. The van der Waals surface area contributed by atoms with Gasteiger partial charge < -0.3 is 23.8 Å². The molecule has 2 aromatic carbocycles. The summed E-state index contributed by atoms with van der Waals surface area (Å²) in [4.78, 5) is 35.9. The standard InChI is InChI=1S/C24H18O8/c1-30-20(25)12-16(21-22(26)15-4-2-3-5-18(15)32-24(21)29)19-11-10-17(31-19)13-6-8-14(9-7-13)23(27)28/h2-11,16,26H,12H2,1H3,(H,27,28)/t16-/m1/s1. The van der Waals surface area contributed by atoms with Crippen molar-refractivity contribution in [2.75, 3.05) is 7.11 Å². The third-order valence-electron chi connectivity index (χ3n) is 5.15. The molecular weight excluding hydrogens is 416 g/mol. The Labute approximate surface area is 181 Å². The third-order valence-corrected chi connectivity index (χ3v) is 5.15. The lowest BCUT2D eigenvalue weighted by atomic mass is 9.93. The number of para-hydroxylation sites is 1. The summed E-state index contributed by atoms with van der Waals surface area (Å²) in [5.74, 6) is -2.27. The number of esters is 1. The van der Waals surface area contributed by atoms with Crippen molar-refractivity contribution < 1.29 is 33.4 Å². The number of benzene rings is 2. The lowest BCUT2D eigenvalue weighted by Crippen LogP contribution is -2.17. The number of fused-ring (bicyclic) bond motifs is 1. The van der Waals surface area contributed by atoms with Gasteiger partial charge in [0, 0.05) is 5.56 Å². The zero-order valence-corrected chi connectivity index (χ0v) is 16.9. The van der Waals surface area contributed by atoms with Gasteiger partial charge in [-0.2, -0.15) is 0 Å².